The van der Waals surface area contributed by atoms with Crippen molar-refractivity contribution in [3.05, 3.63) is 40.4 Å². The molecular weight excluding hydrogens is 318 g/mol. The lowest BCUT2D eigenvalue weighted by Crippen LogP contribution is -2.46. The number of likely N-dealkylation sites (tertiary alicyclic amines) is 1. The van der Waals surface area contributed by atoms with Crippen LogP contribution < -0.4 is 9.47 Å². The summed E-state index contributed by atoms with van der Waals surface area (Å²) in [5, 5.41) is 0. The van der Waals surface area contributed by atoms with E-state index < -0.39 is 0 Å². The van der Waals surface area contributed by atoms with Crippen molar-refractivity contribution in [3.63, 3.8) is 0 Å². The molecule has 0 amide bonds. The van der Waals surface area contributed by atoms with Gasteiger partial charge >= 0.3 is 0 Å². The first-order valence-electron chi connectivity index (χ1n) is 8.90. The maximum absolute atomic E-state index is 5.92. The maximum Gasteiger partial charge on any atom is 0.230 e. The molecule has 0 N–H and O–H groups in total. The minimum Gasteiger partial charge on any atom is -0.493 e. The molecule has 2 aliphatic carbocycles. The second kappa shape index (κ2) is 5.43. The topological polar surface area (TPSA) is 40.2 Å². The molecule has 1 aromatic carbocycles. The van der Waals surface area contributed by atoms with E-state index in [0.29, 0.717) is 18.8 Å². The van der Waals surface area contributed by atoms with E-state index >= 15 is 0 Å². The molecule has 0 bridgehead atoms. The number of rotatable bonds is 2. The Morgan fingerprint density at radius 3 is 2.68 bits per heavy atom. The fourth-order valence-electron chi connectivity index (χ4n) is 4.86. The van der Waals surface area contributed by atoms with Crippen molar-refractivity contribution in [1.29, 1.82) is 0 Å². The fourth-order valence-corrected chi connectivity index (χ4v) is 4.86. The molecule has 132 valence electrons. The van der Waals surface area contributed by atoms with Crippen molar-refractivity contribution in [2.45, 2.75) is 25.3 Å². The summed E-state index contributed by atoms with van der Waals surface area (Å²) in [6.45, 7) is 1.45. The van der Waals surface area contributed by atoms with Gasteiger partial charge in [-0.05, 0) is 61.2 Å². The predicted molar refractivity (Wildman–Crippen MR) is 93.4 cm³/mol. The Morgan fingerprint density at radius 2 is 1.88 bits per heavy atom. The first-order valence-corrected chi connectivity index (χ1v) is 8.90. The standard InChI is InChI=1S/C20H23NO4/c1-21-5-4-11-7-17-20(25-10-24-17)19-13-9-16(23-3)15(22-2)8-12(13)6-14(21)18(11)19/h8-9,11,14H,4-7,10H2,1-3H3. The molecule has 1 aromatic rings. The van der Waals surface area contributed by atoms with Crippen LogP contribution in [0.25, 0.3) is 5.57 Å². The maximum atomic E-state index is 5.92. The molecule has 1 fully saturated rings. The highest BCUT2D eigenvalue weighted by Crippen LogP contribution is 2.52. The van der Waals surface area contributed by atoms with Gasteiger partial charge in [0.05, 0.1) is 14.2 Å². The van der Waals surface area contributed by atoms with Crippen LogP contribution in [-0.4, -0.2) is 45.5 Å². The van der Waals surface area contributed by atoms with Crippen molar-refractivity contribution >= 4 is 5.57 Å². The van der Waals surface area contributed by atoms with Gasteiger partial charge in [-0.15, -0.1) is 0 Å². The molecule has 2 heterocycles. The monoisotopic (exact) mass is 341 g/mol. The van der Waals surface area contributed by atoms with Crippen molar-refractivity contribution in [1.82, 2.24) is 4.90 Å². The molecule has 0 aromatic heterocycles. The van der Waals surface area contributed by atoms with Crippen molar-refractivity contribution < 1.29 is 18.9 Å². The van der Waals surface area contributed by atoms with Crippen LogP contribution in [0.2, 0.25) is 0 Å². The van der Waals surface area contributed by atoms with Gasteiger partial charge in [0.25, 0.3) is 0 Å². The van der Waals surface area contributed by atoms with E-state index in [1.807, 2.05) is 0 Å². The van der Waals surface area contributed by atoms with Gasteiger partial charge in [0.2, 0.25) is 6.79 Å². The molecule has 5 rings (SSSR count). The molecule has 0 saturated carbocycles. The van der Waals surface area contributed by atoms with E-state index in [1.54, 1.807) is 14.2 Å². The van der Waals surface area contributed by atoms with Crippen LogP contribution in [0.1, 0.15) is 24.0 Å². The number of ether oxygens (including phenoxy) is 4. The van der Waals surface area contributed by atoms with Crippen LogP contribution in [0.4, 0.5) is 0 Å². The van der Waals surface area contributed by atoms with Gasteiger partial charge in [0.15, 0.2) is 17.3 Å². The summed E-state index contributed by atoms with van der Waals surface area (Å²) in [6.07, 6.45) is 3.15. The number of piperidine rings is 1. The average Bonchev–Trinajstić information content (AvgIpc) is 3.11. The third-order valence-corrected chi connectivity index (χ3v) is 6.09. The Hall–Kier alpha value is -2.14. The molecule has 1 saturated heterocycles. The summed E-state index contributed by atoms with van der Waals surface area (Å²) in [4.78, 5) is 2.48. The number of hydrogen-bond donors (Lipinski definition) is 0. The van der Waals surface area contributed by atoms with E-state index in [4.69, 9.17) is 18.9 Å². The molecule has 0 radical (unpaired) electrons. The van der Waals surface area contributed by atoms with E-state index in [9.17, 15) is 0 Å². The van der Waals surface area contributed by atoms with Gasteiger partial charge < -0.3 is 18.9 Å². The number of benzene rings is 1. The van der Waals surface area contributed by atoms with Crippen molar-refractivity contribution in [3.8, 4) is 11.5 Å². The van der Waals surface area contributed by atoms with Crippen LogP contribution in [0, 0.1) is 5.92 Å². The first-order chi connectivity index (χ1) is 12.2. The summed E-state index contributed by atoms with van der Waals surface area (Å²) in [5.74, 6) is 4.07. The predicted octanol–water partition coefficient (Wildman–Crippen LogP) is 2.95. The number of nitrogens with zero attached hydrogens (tertiary/aromatic N) is 1. The molecule has 2 atom stereocenters. The number of hydrogen-bond acceptors (Lipinski definition) is 5. The van der Waals surface area contributed by atoms with Crippen LogP contribution in [0.15, 0.2) is 29.2 Å². The normalized spacial score (nSPS) is 27.2. The molecule has 4 aliphatic rings. The second-order valence-electron chi connectivity index (χ2n) is 7.24. The lowest BCUT2D eigenvalue weighted by atomic mass is 9.69. The van der Waals surface area contributed by atoms with E-state index in [-0.39, 0.29) is 0 Å². The average molecular weight is 341 g/mol. The van der Waals surface area contributed by atoms with Gasteiger partial charge in [-0.3, -0.25) is 4.90 Å². The van der Waals surface area contributed by atoms with Crippen LogP contribution in [0.5, 0.6) is 11.5 Å². The summed E-state index contributed by atoms with van der Waals surface area (Å²) >= 11 is 0. The summed E-state index contributed by atoms with van der Waals surface area (Å²) in [5.41, 5.74) is 5.26. The third kappa shape index (κ3) is 2.05. The van der Waals surface area contributed by atoms with Gasteiger partial charge in [-0.25, -0.2) is 0 Å². The SMILES string of the molecule is COc1cc2c(cc1OC)C1=C3C(CCN(C)C3C2)CC2=C1OCO2. The van der Waals surface area contributed by atoms with Crippen LogP contribution in [-0.2, 0) is 15.9 Å². The zero-order chi connectivity index (χ0) is 17.1. The minimum atomic E-state index is 0.331. The number of allylic oxidation sites excluding steroid dienone is 2. The van der Waals surface area contributed by atoms with Crippen LogP contribution >= 0.6 is 0 Å². The highest BCUT2D eigenvalue weighted by molar-refractivity contribution is 5.87. The molecule has 25 heavy (non-hydrogen) atoms. The zero-order valence-electron chi connectivity index (χ0n) is 14.9. The van der Waals surface area contributed by atoms with Crippen molar-refractivity contribution in [2.75, 3.05) is 34.6 Å². The molecule has 0 spiro atoms. The lowest BCUT2D eigenvalue weighted by Gasteiger charge is -2.45. The van der Waals surface area contributed by atoms with Gasteiger partial charge in [-0.1, -0.05) is 0 Å². The Labute approximate surface area is 147 Å². The Morgan fingerprint density at radius 1 is 1.08 bits per heavy atom. The highest BCUT2D eigenvalue weighted by Gasteiger charge is 2.44. The summed E-state index contributed by atoms with van der Waals surface area (Å²) in [6, 6.07) is 4.66. The van der Waals surface area contributed by atoms with E-state index in [0.717, 1.165) is 42.4 Å². The quantitative estimate of drug-likeness (QED) is 0.827. The molecule has 2 aliphatic heterocycles. The van der Waals surface area contributed by atoms with Gasteiger partial charge in [-0.2, -0.15) is 0 Å². The van der Waals surface area contributed by atoms with Crippen LogP contribution in [0.3, 0.4) is 0 Å². The lowest BCUT2D eigenvalue weighted by molar-refractivity contribution is 0.0717. The summed E-state index contributed by atoms with van der Waals surface area (Å²) < 4.78 is 22.8. The molecular formula is C20H23NO4. The molecule has 2 unspecified atom stereocenters. The Balaban J connectivity index is 1.76. The fraction of sp³-hybridized carbons (Fsp3) is 0.500. The molecule has 5 nitrogen and oxygen atoms in total. The first kappa shape index (κ1) is 15.1. The van der Waals surface area contributed by atoms with Gasteiger partial charge in [0, 0.05) is 18.0 Å². The minimum absolute atomic E-state index is 0.331. The van der Waals surface area contributed by atoms with Crippen molar-refractivity contribution in [2.24, 2.45) is 5.92 Å². The smallest absolute Gasteiger partial charge is 0.230 e. The highest BCUT2D eigenvalue weighted by atomic mass is 16.7. The number of likely N-dealkylation sites (N-methyl/N-ethyl adjacent to an activating group) is 1. The largest absolute Gasteiger partial charge is 0.493 e. The second-order valence-corrected chi connectivity index (χ2v) is 7.24. The Kier molecular flexibility index (Phi) is 3.29. The summed E-state index contributed by atoms with van der Waals surface area (Å²) in [7, 11) is 5.61. The number of methoxy groups -OCH3 is 2. The van der Waals surface area contributed by atoms with E-state index in [1.165, 1.54) is 28.7 Å². The third-order valence-electron chi connectivity index (χ3n) is 6.09. The molecule has 5 heteroatoms. The Bertz CT molecular complexity index is 810. The zero-order valence-corrected chi connectivity index (χ0v) is 14.9. The number of fused-ring (bicyclic) bond motifs is 3. The van der Waals surface area contributed by atoms with E-state index in [2.05, 4.69) is 24.1 Å². The van der Waals surface area contributed by atoms with Gasteiger partial charge in [0.1, 0.15) is 5.76 Å².